The van der Waals surface area contributed by atoms with Crippen LogP contribution in [0.1, 0.15) is 16.7 Å². The van der Waals surface area contributed by atoms with E-state index in [1.165, 1.54) is 6.20 Å². The van der Waals surface area contributed by atoms with Crippen LogP contribution in [0, 0.1) is 5.41 Å². The van der Waals surface area contributed by atoms with Crippen LogP contribution in [0.25, 0.3) is 5.69 Å². The molecule has 0 aliphatic rings. The van der Waals surface area contributed by atoms with Gasteiger partial charge in [0.25, 0.3) is 6.02 Å². The van der Waals surface area contributed by atoms with Gasteiger partial charge in [0.2, 0.25) is 12.1 Å². The van der Waals surface area contributed by atoms with Crippen molar-refractivity contribution in [1.29, 1.82) is 5.41 Å². The maximum absolute atomic E-state index is 11.9. The number of nitrogens with one attached hydrogen (secondary N) is 2. The lowest BCUT2D eigenvalue weighted by molar-refractivity contribution is -0.108. The Bertz CT molecular complexity index is 1400. The predicted octanol–water partition coefficient (Wildman–Crippen LogP) is 3.63. The van der Waals surface area contributed by atoms with E-state index in [0.29, 0.717) is 17.6 Å². The van der Waals surface area contributed by atoms with Gasteiger partial charge in [-0.25, -0.2) is 14.7 Å². The number of carbonyl (C=O) groups is 1. The SMILES string of the molecule is CNc1ccccc1C(=NC(C=O)N=C(N)OC(=N)c1cnn(-c2ccccc2)c1)c1ccccc1. The summed E-state index contributed by atoms with van der Waals surface area (Å²) in [7, 11) is 1.81. The standard InChI is InChI=1S/C27H25N7O2/c1-30-23-15-9-8-14-22(23)25(19-10-4-2-5-11-19)32-24(18-35)33-27(29)36-26(28)20-16-31-34(17-20)21-12-6-3-7-13-21/h2-18,24,28,30H,1H3,(H2,29,33). The Morgan fingerprint density at radius 3 is 2.36 bits per heavy atom. The van der Waals surface area contributed by atoms with Gasteiger partial charge in [0.1, 0.15) is 0 Å². The molecule has 0 bridgehead atoms. The molecule has 0 aliphatic heterocycles. The van der Waals surface area contributed by atoms with Crippen molar-refractivity contribution in [2.24, 2.45) is 15.7 Å². The van der Waals surface area contributed by atoms with Crippen LogP contribution in [-0.2, 0) is 9.53 Å². The number of aldehydes is 1. The first-order chi connectivity index (χ1) is 17.6. The van der Waals surface area contributed by atoms with Crippen LogP contribution in [-0.4, -0.2) is 46.9 Å². The zero-order chi connectivity index (χ0) is 25.3. The third-order valence-corrected chi connectivity index (χ3v) is 5.21. The highest BCUT2D eigenvalue weighted by atomic mass is 16.5. The monoisotopic (exact) mass is 479 g/mol. The van der Waals surface area contributed by atoms with Crippen molar-refractivity contribution in [1.82, 2.24) is 9.78 Å². The van der Waals surface area contributed by atoms with Crippen molar-refractivity contribution in [3.05, 3.63) is 114 Å². The van der Waals surface area contributed by atoms with Crippen LogP contribution in [0.2, 0.25) is 0 Å². The smallest absolute Gasteiger partial charge is 0.291 e. The van der Waals surface area contributed by atoms with Gasteiger partial charge in [-0.3, -0.25) is 10.2 Å². The lowest BCUT2D eigenvalue weighted by Crippen LogP contribution is -2.24. The number of nitrogens with two attached hydrogens (primary N) is 1. The summed E-state index contributed by atoms with van der Waals surface area (Å²) in [5.41, 5.74) is 10.2. The molecule has 3 aromatic carbocycles. The average molecular weight is 480 g/mol. The molecule has 180 valence electrons. The van der Waals surface area contributed by atoms with E-state index in [4.69, 9.17) is 15.9 Å². The minimum Gasteiger partial charge on any atom is -0.407 e. The summed E-state index contributed by atoms with van der Waals surface area (Å²) in [6.07, 6.45) is 2.52. The van der Waals surface area contributed by atoms with Crippen LogP contribution in [0.5, 0.6) is 0 Å². The maximum atomic E-state index is 11.9. The number of para-hydroxylation sites is 2. The number of rotatable bonds is 8. The van der Waals surface area contributed by atoms with E-state index in [1.54, 1.807) is 10.9 Å². The van der Waals surface area contributed by atoms with E-state index < -0.39 is 6.17 Å². The average Bonchev–Trinajstić information content (AvgIpc) is 3.43. The zero-order valence-electron chi connectivity index (χ0n) is 19.6. The molecule has 0 spiro atoms. The molecular formula is C27H25N7O2. The summed E-state index contributed by atoms with van der Waals surface area (Å²) in [6, 6.07) is 26.2. The minimum atomic E-state index is -1.18. The molecule has 1 atom stereocenters. The maximum Gasteiger partial charge on any atom is 0.291 e. The summed E-state index contributed by atoms with van der Waals surface area (Å²) < 4.78 is 6.99. The molecule has 0 saturated heterocycles. The van der Waals surface area contributed by atoms with E-state index in [9.17, 15) is 4.79 Å². The second kappa shape index (κ2) is 11.4. The first-order valence-corrected chi connectivity index (χ1v) is 11.1. The van der Waals surface area contributed by atoms with Crippen LogP contribution in [0.15, 0.2) is 107 Å². The normalized spacial score (nSPS) is 12.6. The van der Waals surface area contributed by atoms with Gasteiger partial charge in [0, 0.05) is 30.1 Å². The molecule has 9 nitrogen and oxygen atoms in total. The Kier molecular flexibility index (Phi) is 7.62. The molecule has 0 fully saturated rings. The summed E-state index contributed by atoms with van der Waals surface area (Å²) >= 11 is 0. The van der Waals surface area contributed by atoms with Crippen LogP contribution >= 0.6 is 0 Å². The molecule has 1 heterocycles. The first-order valence-electron chi connectivity index (χ1n) is 11.1. The molecule has 4 rings (SSSR count). The van der Waals surface area contributed by atoms with Gasteiger partial charge in [0.15, 0.2) is 6.29 Å². The van der Waals surface area contributed by atoms with Crippen LogP contribution < -0.4 is 11.1 Å². The van der Waals surface area contributed by atoms with Gasteiger partial charge in [0.05, 0.1) is 23.2 Å². The van der Waals surface area contributed by atoms with E-state index in [1.807, 2.05) is 92.0 Å². The number of aromatic nitrogens is 2. The lowest BCUT2D eigenvalue weighted by atomic mass is 10.0. The highest BCUT2D eigenvalue weighted by Gasteiger charge is 2.15. The number of benzene rings is 3. The number of nitrogens with zero attached hydrogens (tertiary/aromatic N) is 4. The molecule has 4 aromatic rings. The van der Waals surface area contributed by atoms with E-state index >= 15 is 0 Å². The van der Waals surface area contributed by atoms with Gasteiger partial charge in [-0.05, 0) is 18.2 Å². The predicted molar refractivity (Wildman–Crippen MR) is 141 cm³/mol. The van der Waals surface area contributed by atoms with E-state index in [-0.39, 0.29) is 11.9 Å². The molecule has 1 unspecified atom stereocenters. The minimum absolute atomic E-state index is 0.254. The third kappa shape index (κ3) is 5.71. The second-order valence-electron chi connectivity index (χ2n) is 7.60. The fourth-order valence-electron chi connectivity index (χ4n) is 3.51. The van der Waals surface area contributed by atoms with E-state index in [2.05, 4.69) is 20.4 Å². The molecule has 1 aromatic heterocycles. The van der Waals surface area contributed by atoms with Gasteiger partial charge >= 0.3 is 0 Å². The highest BCUT2D eigenvalue weighted by molar-refractivity contribution is 6.16. The molecule has 0 radical (unpaired) electrons. The number of carbonyl (C=O) groups excluding carboxylic acids is 1. The largest absolute Gasteiger partial charge is 0.407 e. The topological polar surface area (TPSA) is 131 Å². The van der Waals surface area contributed by atoms with Gasteiger partial charge in [-0.1, -0.05) is 66.7 Å². The molecule has 9 heteroatoms. The number of hydrogen-bond acceptors (Lipinski definition) is 7. The Hall–Kier alpha value is -5.05. The molecule has 0 aliphatic carbocycles. The Morgan fingerprint density at radius 2 is 1.67 bits per heavy atom. The van der Waals surface area contributed by atoms with Crippen molar-refractivity contribution in [2.45, 2.75) is 6.17 Å². The number of hydrogen-bond donors (Lipinski definition) is 3. The number of amidine groups is 1. The van der Waals surface area contributed by atoms with Crippen molar-refractivity contribution < 1.29 is 9.53 Å². The van der Waals surface area contributed by atoms with E-state index in [0.717, 1.165) is 22.5 Å². The summed E-state index contributed by atoms with van der Waals surface area (Å²) in [5, 5.41) is 15.6. The first kappa shape index (κ1) is 24.1. The van der Waals surface area contributed by atoms with Crippen LogP contribution in [0.3, 0.4) is 0 Å². The van der Waals surface area contributed by atoms with Gasteiger partial charge in [-0.15, -0.1) is 0 Å². The number of aliphatic imine (C=N–C) groups is 2. The van der Waals surface area contributed by atoms with Crippen molar-refractivity contribution in [2.75, 3.05) is 12.4 Å². The Morgan fingerprint density at radius 1 is 1.00 bits per heavy atom. The van der Waals surface area contributed by atoms with Gasteiger partial charge in [-0.2, -0.15) is 5.10 Å². The molecular weight excluding hydrogens is 454 g/mol. The van der Waals surface area contributed by atoms with Crippen molar-refractivity contribution in [3.8, 4) is 5.69 Å². The van der Waals surface area contributed by atoms with Crippen molar-refractivity contribution >= 4 is 29.6 Å². The number of ether oxygens (including phenoxy) is 1. The summed E-state index contributed by atoms with van der Waals surface area (Å²) in [5.74, 6) is -0.254. The van der Waals surface area contributed by atoms with Crippen molar-refractivity contribution in [3.63, 3.8) is 0 Å². The zero-order valence-corrected chi connectivity index (χ0v) is 19.6. The summed E-state index contributed by atoms with van der Waals surface area (Å²) in [4.78, 5) is 20.6. The molecule has 0 amide bonds. The lowest BCUT2D eigenvalue weighted by Gasteiger charge is -2.14. The second-order valence-corrected chi connectivity index (χ2v) is 7.60. The Labute approximate surface area is 208 Å². The van der Waals surface area contributed by atoms with Gasteiger partial charge < -0.3 is 15.8 Å². The molecule has 0 saturated carbocycles. The quantitative estimate of drug-likeness (QED) is 0.202. The third-order valence-electron chi connectivity index (χ3n) is 5.21. The Balaban J connectivity index is 1.58. The highest BCUT2D eigenvalue weighted by Crippen LogP contribution is 2.20. The fourth-order valence-corrected chi connectivity index (χ4v) is 3.51. The molecule has 4 N–H and O–H groups in total. The number of anilines is 1. The fraction of sp³-hybridized carbons (Fsp3) is 0.0741. The molecule has 36 heavy (non-hydrogen) atoms. The summed E-state index contributed by atoms with van der Waals surface area (Å²) in [6.45, 7) is 0. The van der Waals surface area contributed by atoms with Crippen LogP contribution in [0.4, 0.5) is 5.69 Å².